The molecule has 0 saturated carbocycles. The molecule has 4 heteroatoms. The van der Waals surface area contributed by atoms with Gasteiger partial charge < -0.3 is 10.5 Å². The number of nitrogens with zero attached hydrogens (tertiary/aromatic N) is 1. The molecule has 1 fully saturated rings. The maximum atomic E-state index is 11.6. The van der Waals surface area contributed by atoms with Gasteiger partial charge in [-0.3, -0.25) is 9.69 Å². The minimum Gasteiger partial charge on any atom is -0.465 e. The first-order chi connectivity index (χ1) is 7.60. The summed E-state index contributed by atoms with van der Waals surface area (Å²) in [4.78, 5) is 13.8. The van der Waals surface area contributed by atoms with Crippen LogP contribution in [0.15, 0.2) is 0 Å². The Morgan fingerprint density at radius 3 is 2.88 bits per heavy atom. The SMILES string of the molecule is CCOC(=O)C(C)N1CCC(C)C(CN)C1. The number of nitrogens with two attached hydrogens (primary N) is 1. The smallest absolute Gasteiger partial charge is 0.323 e. The van der Waals surface area contributed by atoms with E-state index < -0.39 is 0 Å². The summed E-state index contributed by atoms with van der Waals surface area (Å²) in [5.74, 6) is 1.05. The zero-order chi connectivity index (χ0) is 12.1. The van der Waals surface area contributed by atoms with E-state index in [1.165, 1.54) is 0 Å². The zero-order valence-electron chi connectivity index (χ0n) is 10.6. The van der Waals surface area contributed by atoms with E-state index in [4.69, 9.17) is 10.5 Å². The van der Waals surface area contributed by atoms with Crippen LogP contribution in [-0.2, 0) is 9.53 Å². The van der Waals surface area contributed by atoms with Crippen molar-refractivity contribution in [2.45, 2.75) is 33.2 Å². The van der Waals surface area contributed by atoms with Crippen LogP contribution in [0.1, 0.15) is 27.2 Å². The molecule has 1 rings (SSSR count). The molecule has 0 aromatic heterocycles. The standard InChI is InChI=1S/C12H24N2O2/c1-4-16-12(15)10(3)14-6-5-9(2)11(7-13)8-14/h9-11H,4-8,13H2,1-3H3. The molecule has 1 heterocycles. The van der Waals surface area contributed by atoms with Crippen molar-refractivity contribution in [3.8, 4) is 0 Å². The Hall–Kier alpha value is -0.610. The van der Waals surface area contributed by atoms with E-state index in [2.05, 4.69) is 11.8 Å². The Kier molecular flexibility index (Phi) is 5.22. The summed E-state index contributed by atoms with van der Waals surface area (Å²) in [6.07, 6.45) is 1.12. The van der Waals surface area contributed by atoms with Gasteiger partial charge in [-0.1, -0.05) is 6.92 Å². The van der Waals surface area contributed by atoms with Crippen LogP contribution in [-0.4, -0.2) is 43.2 Å². The van der Waals surface area contributed by atoms with Gasteiger partial charge in [-0.15, -0.1) is 0 Å². The molecule has 16 heavy (non-hydrogen) atoms. The molecule has 1 aliphatic heterocycles. The van der Waals surface area contributed by atoms with E-state index in [1.807, 2.05) is 13.8 Å². The molecule has 0 aromatic rings. The molecule has 0 amide bonds. The van der Waals surface area contributed by atoms with E-state index in [1.54, 1.807) is 0 Å². The number of likely N-dealkylation sites (tertiary alicyclic amines) is 1. The Labute approximate surface area is 98.1 Å². The molecule has 3 unspecified atom stereocenters. The number of piperidine rings is 1. The molecule has 1 saturated heterocycles. The molecule has 0 radical (unpaired) electrons. The van der Waals surface area contributed by atoms with Gasteiger partial charge in [0.15, 0.2) is 0 Å². The third kappa shape index (κ3) is 3.19. The molecule has 94 valence electrons. The first kappa shape index (κ1) is 13.5. The summed E-state index contributed by atoms with van der Waals surface area (Å²) in [6.45, 7) is 9.04. The molecule has 0 aromatic carbocycles. The number of hydrogen-bond donors (Lipinski definition) is 1. The van der Waals surface area contributed by atoms with Gasteiger partial charge in [-0.25, -0.2) is 0 Å². The van der Waals surface area contributed by atoms with Gasteiger partial charge >= 0.3 is 5.97 Å². The molecule has 1 aliphatic rings. The van der Waals surface area contributed by atoms with Crippen molar-refractivity contribution in [1.29, 1.82) is 0 Å². The van der Waals surface area contributed by atoms with Gasteiger partial charge in [0, 0.05) is 6.54 Å². The van der Waals surface area contributed by atoms with E-state index in [-0.39, 0.29) is 12.0 Å². The predicted octanol–water partition coefficient (Wildman–Crippen LogP) is 0.855. The summed E-state index contributed by atoms with van der Waals surface area (Å²) < 4.78 is 5.04. The van der Waals surface area contributed by atoms with Gasteiger partial charge in [0.25, 0.3) is 0 Å². The summed E-state index contributed by atoms with van der Waals surface area (Å²) in [5, 5.41) is 0. The van der Waals surface area contributed by atoms with Crippen molar-refractivity contribution in [2.75, 3.05) is 26.2 Å². The molecule has 0 bridgehead atoms. The number of carbonyl (C=O) groups is 1. The fourth-order valence-electron chi connectivity index (χ4n) is 2.25. The Balaban J connectivity index is 2.51. The lowest BCUT2D eigenvalue weighted by atomic mass is 9.86. The van der Waals surface area contributed by atoms with E-state index in [9.17, 15) is 4.79 Å². The lowest BCUT2D eigenvalue weighted by Crippen LogP contribution is -2.49. The first-order valence-corrected chi connectivity index (χ1v) is 6.20. The van der Waals surface area contributed by atoms with Crippen LogP contribution in [0.5, 0.6) is 0 Å². The van der Waals surface area contributed by atoms with Crippen molar-refractivity contribution in [1.82, 2.24) is 4.90 Å². The van der Waals surface area contributed by atoms with Gasteiger partial charge in [0.05, 0.1) is 6.61 Å². The van der Waals surface area contributed by atoms with Crippen molar-refractivity contribution < 1.29 is 9.53 Å². The second kappa shape index (κ2) is 6.21. The fourth-order valence-corrected chi connectivity index (χ4v) is 2.25. The number of hydrogen-bond acceptors (Lipinski definition) is 4. The predicted molar refractivity (Wildman–Crippen MR) is 64.0 cm³/mol. The maximum absolute atomic E-state index is 11.6. The van der Waals surface area contributed by atoms with Crippen LogP contribution in [0.25, 0.3) is 0 Å². The summed E-state index contributed by atoms with van der Waals surface area (Å²) in [5.41, 5.74) is 5.75. The highest BCUT2D eigenvalue weighted by molar-refractivity contribution is 5.75. The topological polar surface area (TPSA) is 55.6 Å². The van der Waals surface area contributed by atoms with E-state index in [0.29, 0.717) is 25.0 Å². The largest absolute Gasteiger partial charge is 0.465 e. The number of esters is 1. The number of ether oxygens (including phenoxy) is 1. The van der Waals surface area contributed by atoms with Crippen molar-refractivity contribution in [2.24, 2.45) is 17.6 Å². The summed E-state index contributed by atoms with van der Waals surface area (Å²) in [6, 6.07) is -0.138. The van der Waals surface area contributed by atoms with Crippen LogP contribution < -0.4 is 5.73 Å². The highest BCUT2D eigenvalue weighted by Gasteiger charge is 2.30. The molecule has 0 spiro atoms. The van der Waals surface area contributed by atoms with E-state index >= 15 is 0 Å². The average Bonchev–Trinajstić information content (AvgIpc) is 2.29. The first-order valence-electron chi connectivity index (χ1n) is 6.20. The van der Waals surface area contributed by atoms with Crippen LogP contribution in [0.4, 0.5) is 0 Å². The minimum absolute atomic E-state index is 0.118. The second-order valence-electron chi connectivity index (χ2n) is 4.68. The molecule has 3 atom stereocenters. The summed E-state index contributed by atoms with van der Waals surface area (Å²) >= 11 is 0. The van der Waals surface area contributed by atoms with Crippen molar-refractivity contribution >= 4 is 5.97 Å². The Bertz CT molecular complexity index is 233. The van der Waals surface area contributed by atoms with Gasteiger partial charge in [0.1, 0.15) is 6.04 Å². The van der Waals surface area contributed by atoms with Gasteiger partial charge in [-0.05, 0) is 45.2 Å². The van der Waals surface area contributed by atoms with Crippen LogP contribution in [0, 0.1) is 11.8 Å². The summed E-state index contributed by atoms with van der Waals surface area (Å²) in [7, 11) is 0. The van der Waals surface area contributed by atoms with Gasteiger partial charge in [0.2, 0.25) is 0 Å². The highest BCUT2D eigenvalue weighted by Crippen LogP contribution is 2.23. The number of carbonyl (C=O) groups excluding carboxylic acids is 1. The maximum Gasteiger partial charge on any atom is 0.323 e. The number of rotatable bonds is 4. The molecular weight excluding hydrogens is 204 g/mol. The molecule has 2 N–H and O–H groups in total. The molecule has 0 aliphatic carbocycles. The van der Waals surface area contributed by atoms with Crippen LogP contribution in [0.3, 0.4) is 0 Å². The normalized spacial score (nSPS) is 28.8. The van der Waals surface area contributed by atoms with Crippen molar-refractivity contribution in [3.05, 3.63) is 0 Å². The second-order valence-corrected chi connectivity index (χ2v) is 4.68. The van der Waals surface area contributed by atoms with Crippen LogP contribution in [0.2, 0.25) is 0 Å². The lowest BCUT2D eigenvalue weighted by molar-refractivity contribution is -0.149. The van der Waals surface area contributed by atoms with E-state index in [0.717, 1.165) is 19.5 Å². The minimum atomic E-state index is -0.138. The molecule has 4 nitrogen and oxygen atoms in total. The van der Waals surface area contributed by atoms with Crippen molar-refractivity contribution in [3.63, 3.8) is 0 Å². The van der Waals surface area contributed by atoms with Crippen LogP contribution >= 0.6 is 0 Å². The Morgan fingerprint density at radius 1 is 1.62 bits per heavy atom. The molecular formula is C12H24N2O2. The Morgan fingerprint density at radius 2 is 2.31 bits per heavy atom. The lowest BCUT2D eigenvalue weighted by Gasteiger charge is -2.38. The quantitative estimate of drug-likeness (QED) is 0.725. The zero-order valence-corrected chi connectivity index (χ0v) is 10.6. The van der Waals surface area contributed by atoms with Gasteiger partial charge in [-0.2, -0.15) is 0 Å². The third-order valence-corrected chi connectivity index (χ3v) is 3.62. The third-order valence-electron chi connectivity index (χ3n) is 3.62. The monoisotopic (exact) mass is 228 g/mol. The highest BCUT2D eigenvalue weighted by atomic mass is 16.5. The average molecular weight is 228 g/mol. The fraction of sp³-hybridized carbons (Fsp3) is 0.917.